The molecule has 2 aromatic rings. The molecule has 1 saturated heterocycles. The first kappa shape index (κ1) is 21.3. The number of halogens is 4. The fourth-order valence-electron chi connectivity index (χ4n) is 3.12. The third kappa shape index (κ3) is 5.02. The van der Waals surface area contributed by atoms with Crippen molar-refractivity contribution in [2.45, 2.75) is 18.8 Å². The van der Waals surface area contributed by atoms with Crippen LogP contribution in [0.1, 0.15) is 0 Å². The molecule has 2 heterocycles. The number of piperazine rings is 1. The Balaban J connectivity index is 0.00000261. The fraction of sp³-hybridized carbons (Fsp3) is 0.500. The van der Waals surface area contributed by atoms with Gasteiger partial charge < -0.3 is 15.6 Å². The molecule has 27 heavy (non-hydrogen) atoms. The Hall–Kier alpha value is -2.04. The van der Waals surface area contributed by atoms with Crippen LogP contribution in [0.2, 0.25) is 0 Å². The number of hydrogen-bond donors (Lipinski definition) is 3. The molecular formula is C16H21ClF3N5O2. The van der Waals surface area contributed by atoms with Gasteiger partial charge in [-0.1, -0.05) is 12.1 Å². The molecule has 1 unspecified atom stereocenters. The van der Waals surface area contributed by atoms with Crippen LogP contribution in [-0.4, -0.2) is 65.3 Å². The zero-order valence-electron chi connectivity index (χ0n) is 14.4. The molecular weight excluding hydrogens is 387 g/mol. The van der Waals surface area contributed by atoms with Gasteiger partial charge in [0, 0.05) is 32.7 Å². The Kier molecular flexibility index (Phi) is 6.90. The average molecular weight is 408 g/mol. The zero-order chi connectivity index (χ0) is 18.7. The third-order valence-corrected chi connectivity index (χ3v) is 4.45. The second kappa shape index (κ2) is 8.77. The highest BCUT2D eigenvalue weighted by Gasteiger charge is 2.43. The SMILES string of the molecule is Cl.O=C(Cn1c(=O)[nH]c2ccccc21)NCC(N1CCNCC1)C(F)(F)F. The van der Waals surface area contributed by atoms with Gasteiger partial charge in [0.1, 0.15) is 12.6 Å². The van der Waals surface area contributed by atoms with E-state index in [-0.39, 0.29) is 32.0 Å². The van der Waals surface area contributed by atoms with Crippen LogP contribution in [0.5, 0.6) is 0 Å². The molecule has 1 atom stereocenters. The van der Waals surface area contributed by atoms with Gasteiger partial charge in [0.15, 0.2) is 0 Å². The standard InChI is InChI=1S/C16H20F3N5O2.ClH/c17-16(18,19)13(23-7-5-20-6-8-23)9-21-14(25)10-24-12-4-2-1-3-11(12)22-15(24)26;/h1-4,13,20H,5-10H2,(H,21,25)(H,22,26);1H. The number of hydrogen-bond acceptors (Lipinski definition) is 4. The smallest absolute Gasteiger partial charge is 0.353 e. The van der Waals surface area contributed by atoms with E-state index in [1.165, 1.54) is 9.47 Å². The van der Waals surface area contributed by atoms with Gasteiger partial charge in [0.05, 0.1) is 11.0 Å². The lowest BCUT2D eigenvalue weighted by Crippen LogP contribution is -2.57. The maximum absolute atomic E-state index is 13.3. The minimum atomic E-state index is -4.44. The molecule has 1 amide bonds. The van der Waals surface area contributed by atoms with Gasteiger partial charge in [-0.2, -0.15) is 13.2 Å². The second-order valence-electron chi connectivity index (χ2n) is 6.18. The average Bonchev–Trinajstić information content (AvgIpc) is 2.90. The van der Waals surface area contributed by atoms with E-state index in [0.29, 0.717) is 24.1 Å². The first-order valence-electron chi connectivity index (χ1n) is 8.32. The predicted octanol–water partition coefficient (Wildman–Crippen LogP) is 0.704. The van der Waals surface area contributed by atoms with Gasteiger partial charge >= 0.3 is 11.9 Å². The molecule has 150 valence electrons. The van der Waals surface area contributed by atoms with Crippen molar-refractivity contribution >= 4 is 29.3 Å². The van der Waals surface area contributed by atoms with E-state index in [1.807, 2.05) is 0 Å². The number of amides is 1. The van der Waals surface area contributed by atoms with Crippen molar-refractivity contribution in [2.24, 2.45) is 0 Å². The summed E-state index contributed by atoms with van der Waals surface area (Å²) in [4.78, 5) is 28.0. The number of alkyl halides is 3. The lowest BCUT2D eigenvalue weighted by atomic mass is 10.2. The van der Waals surface area contributed by atoms with Gasteiger partial charge in [-0.3, -0.25) is 14.3 Å². The number of carbonyl (C=O) groups is 1. The number of fused-ring (bicyclic) bond motifs is 1. The minimum Gasteiger partial charge on any atom is -0.353 e. The number of carbonyl (C=O) groups excluding carboxylic acids is 1. The quantitative estimate of drug-likeness (QED) is 0.681. The monoisotopic (exact) mass is 407 g/mol. The van der Waals surface area contributed by atoms with Gasteiger partial charge in [-0.05, 0) is 12.1 Å². The molecule has 0 saturated carbocycles. The molecule has 1 aliphatic rings. The van der Waals surface area contributed by atoms with Crippen molar-refractivity contribution in [1.29, 1.82) is 0 Å². The van der Waals surface area contributed by atoms with E-state index in [2.05, 4.69) is 15.6 Å². The highest BCUT2D eigenvalue weighted by atomic mass is 35.5. The third-order valence-electron chi connectivity index (χ3n) is 4.45. The maximum Gasteiger partial charge on any atom is 0.405 e. The predicted molar refractivity (Wildman–Crippen MR) is 97.1 cm³/mol. The molecule has 1 aromatic carbocycles. The summed E-state index contributed by atoms with van der Waals surface area (Å²) in [5, 5.41) is 5.32. The number of aromatic amines is 1. The van der Waals surface area contributed by atoms with Crippen LogP contribution in [0.4, 0.5) is 13.2 Å². The molecule has 1 aliphatic heterocycles. The number of imidazole rings is 1. The summed E-state index contributed by atoms with van der Waals surface area (Å²) in [7, 11) is 0. The van der Waals surface area contributed by atoms with Crippen LogP contribution in [0.25, 0.3) is 11.0 Å². The Bertz CT molecular complexity index is 829. The summed E-state index contributed by atoms with van der Waals surface area (Å²) in [6.07, 6.45) is -4.44. The summed E-state index contributed by atoms with van der Waals surface area (Å²) in [5.41, 5.74) is 0.622. The van der Waals surface area contributed by atoms with Crippen molar-refractivity contribution in [3.8, 4) is 0 Å². The van der Waals surface area contributed by atoms with Crippen LogP contribution in [0.3, 0.4) is 0 Å². The van der Waals surface area contributed by atoms with Crippen LogP contribution in [0, 0.1) is 0 Å². The van der Waals surface area contributed by atoms with E-state index in [4.69, 9.17) is 0 Å². The largest absolute Gasteiger partial charge is 0.405 e. The summed E-state index contributed by atoms with van der Waals surface area (Å²) >= 11 is 0. The highest BCUT2D eigenvalue weighted by Crippen LogP contribution is 2.24. The molecule has 0 radical (unpaired) electrons. The number of rotatable bonds is 5. The number of H-pyrrole nitrogens is 1. The lowest BCUT2D eigenvalue weighted by molar-refractivity contribution is -0.184. The number of aromatic nitrogens is 2. The lowest BCUT2D eigenvalue weighted by Gasteiger charge is -2.35. The number of nitrogens with zero attached hydrogens (tertiary/aromatic N) is 2. The van der Waals surface area contributed by atoms with E-state index in [1.54, 1.807) is 24.3 Å². The van der Waals surface area contributed by atoms with Crippen LogP contribution < -0.4 is 16.3 Å². The van der Waals surface area contributed by atoms with Crippen LogP contribution >= 0.6 is 12.4 Å². The van der Waals surface area contributed by atoms with Gasteiger partial charge in [-0.15, -0.1) is 12.4 Å². The molecule has 7 nitrogen and oxygen atoms in total. The molecule has 11 heteroatoms. The van der Waals surface area contributed by atoms with Gasteiger partial charge in [0.2, 0.25) is 5.91 Å². The molecule has 3 rings (SSSR count). The van der Waals surface area contributed by atoms with Crippen molar-refractivity contribution < 1.29 is 18.0 Å². The zero-order valence-corrected chi connectivity index (χ0v) is 15.2. The second-order valence-corrected chi connectivity index (χ2v) is 6.18. The van der Waals surface area contributed by atoms with Crippen molar-refractivity contribution in [3.05, 3.63) is 34.7 Å². The number of para-hydroxylation sites is 2. The first-order chi connectivity index (χ1) is 12.4. The number of benzene rings is 1. The van der Waals surface area contributed by atoms with Crippen LogP contribution in [-0.2, 0) is 11.3 Å². The summed E-state index contributed by atoms with van der Waals surface area (Å²) < 4.78 is 41.2. The van der Waals surface area contributed by atoms with Crippen molar-refractivity contribution in [2.75, 3.05) is 32.7 Å². The van der Waals surface area contributed by atoms with Gasteiger partial charge in [-0.25, -0.2) is 4.79 Å². The maximum atomic E-state index is 13.3. The molecule has 3 N–H and O–H groups in total. The van der Waals surface area contributed by atoms with E-state index in [0.717, 1.165) is 0 Å². The Morgan fingerprint density at radius 3 is 2.56 bits per heavy atom. The molecule has 1 fully saturated rings. The topological polar surface area (TPSA) is 82.2 Å². The first-order valence-corrected chi connectivity index (χ1v) is 8.32. The molecule has 0 aliphatic carbocycles. The summed E-state index contributed by atoms with van der Waals surface area (Å²) in [5.74, 6) is -0.638. The van der Waals surface area contributed by atoms with E-state index < -0.39 is 30.4 Å². The Labute approximate surface area is 159 Å². The van der Waals surface area contributed by atoms with E-state index >= 15 is 0 Å². The minimum absolute atomic E-state index is 0. The molecule has 1 aromatic heterocycles. The van der Waals surface area contributed by atoms with E-state index in [9.17, 15) is 22.8 Å². The van der Waals surface area contributed by atoms with Crippen molar-refractivity contribution in [3.63, 3.8) is 0 Å². The molecule has 0 spiro atoms. The normalized spacial score (nSPS) is 16.7. The van der Waals surface area contributed by atoms with Gasteiger partial charge in [0.25, 0.3) is 0 Å². The summed E-state index contributed by atoms with van der Waals surface area (Å²) in [6, 6.07) is 5.07. The summed E-state index contributed by atoms with van der Waals surface area (Å²) in [6.45, 7) is 0.606. The Morgan fingerprint density at radius 1 is 1.22 bits per heavy atom. The van der Waals surface area contributed by atoms with Crippen molar-refractivity contribution in [1.82, 2.24) is 25.1 Å². The van der Waals surface area contributed by atoms with Crippen LogP contribution in [0.15, 0.2) is 29.1 Å². The number of nitrogens with one attached hydrogen (secondary N) is 3. The molecule has 0 bridgehead atoms. The Morgan fingerprint density at radius 2 is 1.89 bits per heavy atom. The highest BCUT2D eigenvalue weighted by molar-refractivity contribution is 5.85. The fourth-order valence-corrected chi connectivity index (χ4v) is 3.12.